The molecule has 8 unspecified atom stereocenters. The first-order valence-electron chi connectivity index (χ1n) is 27.0. The molecule has 1 saturated heterocycles. The van der Waals surface area contributed by atoms with Crippen molar-refractivity contribution in [2.45, 2.75) is 150 Å². The lowest BCUT2D eigenvalue weighted by Crippen LogP contribution is -2.51. The number of fused-ring (bicyclic) bond motifs is 5. The Morgan fingerprint density at radius 3 is 2.29 bits per heavy atom. The van der Waals surface area contributed by atoms with Gasteiger partial charge in [-0.3, -0.25) is 9.59 Å². The zero-order valence-corrected chi connectivity index (χ0v) is 41.8. The molecule has 68 heavy (non-hydrogen) atoms. The molecule has 0 radical (unpaired) electrons. The van der Waals surface area contributed by atoms with Gasteiger partial charge in [0.15, 0.2) is 0 Å². The van der Waals surface area contributed by atoms with Crippen LogP contribution < -0.4 is 9.64 Å². The van der Waals surface area contributed by atoms with Crippen LogP contribution in [0.25, 0.3) is 11.3 Å². The molecule has 2 heterocycles. The van der Waals surface area contributed by atoms with E-state index in [1.807, 2.05) is 24.3 Å². The molecule has 0 N–H and O–H groups in total. The number of nitrogens with zero attached hydrogens (tertiary/aromatic N) is 2. The molecular formula is C61H76N2O5. The molecule has 1 aliphatic heterocycles. The Morgan fingerprint density at radius 2 is 1.57 bits per heavy atom. The number of ether oxygens (including phenoxy) is 2. The summed E-state index contributed by atoms with van der Waals surface area (Å²) in [7, 11) is 2.05. The van der Waals surface area contributed by atoms with Crippen molar-refractivity contribution in [1.82, 2.24) is 4.57 Å². The van der Waals surface area contributed by atoms with Crippen LogP contribution in [0.1, 0.15) is 143 Å². The van der Waals surface area contributed by atoms with E-state index in [2.05, 4.69) is 76.7 Å². The van der Waals surface area contributed by atoms with E-state index >= 15 is 0 Å². The van der Waals surface area contributed by atoms with E-state index in [4.69, 9.17) is 9.47 Å². The van der Waals surface area contributed by atoms with Crippen LogP contribution in [0.2, 0.25) is 0 Å². The highest BCUT2D eigenvalue weighted by Gasteiger charge is 2.59. The van der Waals surface area contributed by atoms with Crippen molar-refractivity contribution in [3.05, 3.63) is 107 Å². The molecule has 8 fully saturated rings. The third kappa shape index (κ3) is 8.07. The van der Waals surface area contributed by atoms with Gasteiger partial charge in [-0.05, 0) is 195 Å². The molecule has 8 aliphatic carbocycles. The quantitative estimate of drug-likeness (QED) is 0.0629. The van der Waals surface area contributed by atoms with Crippen LogP contribution in [-0.2, 0) is 27.8 Å². The van der Waals surface area contributed by atoms with Gasteiger partial charge in [-0.25, -0.2) is 9.69 Å². The number of amides is 2. The van der Waals surface area contributed by atoms with Crippen molar-refractivity contribution < 1.29 is 23.9 Å². The number of rotatable bonds is 11. The van der Waals surface area contributed by atoms with Crippen molar-refractivity contribution in [2.24, 2.45) is 77.1 Å². The number of imide groups is 1. The molecule has 360 valence electrons. The molecule has 7 heteroatoms. The van der Waals surface area contributed by atoms with E-state index in [1.165, 1.54) is 67.4 Å². The van der Waals surface area contributed by atoms with E-state index < -0.39 is 6.16 Å². The molecule has 1 aromatic heterocycles. The summed E-state index contributed by atoms with van der Waals surface area (Å²) in [4.78, 5) is 44.1. The molecule has 8 atom stereocenters. The Labute approximate surface area is 406 Å². The summed E-state index contributed by atoms with van der Waals surface area (Å²) < 4.78 is 14.0. The third-order valence-corrected chi connectivity index (χ3v) is 19.9. The van der Waals surface area contributed by atoms with Gasteiger partial charge >= 0.3 is 6.16 Å². The number of carbonyl (C=O) groups is 3. The molecule has 4 bridgehead atoms. The first kappa shape index (κ1) is 45.8. The summed E-state index contributed by atoms with van der Waals surface area (Å²) in [6.07, 6.45) is 25.5. The fraction of sp³-hybridized carbons (Fsp3) is 0.590. The lowest BCUT2D eigenvalue weighted by atomic mass is 9.47. The van der Waals surface area contributed by atoms with Gasteiger partial charge in [0.25, 0.3) is 11.8 Å². The summed E-state index contributed by atoms with van der Waals surface area (Å²) in [5.74, 6) is 6.80. The van der Waals surface area contributed by atoms with Gasteiger partial charge in [0.2, 0.25) is 0 Å². The topological polar surface area (TPSA) is 77.8 Å². The largest absolute Gasteiger partial charge is 0.514 e. The van der Waals surface area contributed by atoms with Crippen molar-refractivity contribution in [1.29, 1.82) is 0 Å². The predicted octanol–water partition coefficient (Wildman–Crippen LogP) is 14.4. The second kappa shape index (κ2) is 17.9. The monoisotopic (exact) mass is 917 g/mol. The molecule has 2 aromatic carbocycles. The second-order valence-electron chi connectivity index (χ2n) is 24.2. The second-order valence-corrected chi connectivity index (χ2v) is 24.2. The van der Waals surface area contributed by atoms with Gasteiger partial charge in [-0.15, -0.1) is 0 Å². The van der Waals surface area contributed by atoms with Gasteiger partial charge in [-0.1, -0.05) is 108 Å². The Kier molecular flexibility index (Phi) is 12.1. The molecule has 9 aliphatic rings. The highest BCUT2D eigenvalue weighted by Crippen LogP contribution is 2.67. The van der Waals surface area contributed by atoms with Crippen LogP contribution in [0.15, 0.2) is 101 Å². The first-order chi connectivity index (χ1) is 32.8. The molecule has 3 aromatic rings. The highest BCUT2D eigenvalue weighted by molar-refractivity contribution is 6.37. The average molecular weight is 917 g/mol. The fourth-order valence-electron chi connectivity index (χ4n) is 16.9. The standard InChI is InChI=1S/C61H76N2O5/c1-37(2)11-10-12-38(3)51-23-24-52-49-22-16-45-35-48(25-27-60(45,4)53(49)26-28-61(51,52)5)68-59(66)67-47-19-17-46(18-20-47)63-57(64)50(21-15-39-34-54(62(6)36-39)42-13-8-7-9-14-42)56(58(63)65)55-43-30-40-29-41(32-43)33-44(55)31-40/h7-9,13-14,16-21,34,36-38,40-41,43-44,48-49,51-53H,10-12,15,22-33,35H2,1-6H3. The number of anilines is 1. The number of allylic oxidation sites excluding steroid dienone is 3. The van der Waals surface area contributed by atoms with Crippen LogP contribution in [0.3, 0.4) is 0 Å². The maximum atomic E-state index is 14.7. The highest BCUT2D eigenvalue weighted by atomic mass is 16.7. The normalized spacial score (nSPS) is 34.9. The average Bonchev–Trinajstić information content (AvgIpc) is 3.95. The van der Waals surface area contributed by atoms with Gasteiger partial charge in [-0.2, -0.15) is 0 Å². The van der Waals surface area contributed by atoms with Crippen molar-refractivity contribution in [3.63, 3.8) is 0 Å². The predicted molar refractivity (Wildman–Crippen MR) is 270 cm³/mol. The Hall–Kier alpha value is -4.65. The van der Waals surface area contributed by atoms with Crippen LogP contribution in [0.5, 0.6) is 5.75 Å². The molecule has 0 spiro atoms. The summed E-state index contributed by atoms with van der Waals surface area (Å²) >= 11 is 0. The summed E-state index contributed by atoms with van der Waals surface area (Å²) in [5.41, 5.74) is 8.37. The number of hydrogen-bond acceptors (Lipinski definition) is 5. The summed E-state index contributed by atoms with van der Waals surface area (Å²) in [6, 6.07) is 19.4. The van der Waals surface area contributed by atoms with Gasteiger partial charge < -0.3 is 14.0 Å². The van der Waals surface area contributed by atoms with Crippen LogP contribution in [-0.4, -0.2) is 28.6 Å². The number of benzene rings is 2. The third-order valence-electron chi connectivity index (χ3n) is 19.9. The van der Waals surface area contributed by atoms with Crippen LogP contribution in [0, 0.1) is 70.0 Å². The lowest BCUT2D eigenvalue weighted by Gasteiger charge is -2.58. The van der Waals surface area contributed by atoms with Crippen molar-refractivity contribution >= 4 is 23.7 Å². The molecule has 7 nitrogen and oxygen atoms in total. The number of aryl methyl sites for hydroxylation is 1. The fourth-order valence-corrected chi connectivity index (χ4v) is 16.9. The van der Waals surface area contributed by atoms with Gasteiger partial charge in [0.05, 0.1) is 11.3 Å². The smallest absolute Gasteiger partial charge is 0.430 e. The molecule has 2 amide bonds. The summed E-state index contributed by atoms with van der Waals surface area (Å²) in [6.45, 7) is 12.5. The van der Waals surface area contributed by atoms with E-state index in [9.17, 15) is 14.4 Å². The van der Waals surface area contributed by atoms with Crippen molar-refractivity contribution in [3.8, 4) is 17.0 Å². The van der Waals surface area contributed by atoms with Crippen LogP contribution in [0.4, 0.5) is 10.5 Å². The minimum Gasteiger partial charge on any atom is -0.430 e. The molecule has 7 saturated carbocycles. The Balaban J connectivity index is 0.755. The van der Waals surface area contributed by atoms with E-state index in [0.717, 1.165) is 110 Å². The van der Waals surface area contributed by atoms with E-state index in [-0.39, 0.29) is 23.3 Å². The first-order valence-corrected chi connectivity index (χ1v) is 27.0. The summed E-state index contributed by atoms with van der Waals surface area (Å²) in [5, 5.41) is 0. The zero-order valence-electron chi connectivity index (χ0n) is 41.8. The number of hydrogen-bond donors (Lipinski definition) is 0. The van der Waals surface area contributed by atoms with E-state index in [0.29, 0.717) is 52.2 Å². The maximum absolute atomic E-state index is 14.7. The minimum atomic E-state index is -0.697. The SMILES string of the molecule is CC(C)CCCC(C)C1CCC2C3CC=C4CC(OC(=O)Oc5ccc(N6C(=O)C(=CCc7cc(-c8ccccc8)n(C)c7)C(=C7C8CC9CC(C8)CC7C9)C6=O)cc5)CCC4(C)C3CCC12C. The molecule has 12 rings (SSSR count). The number of aromatic nitrogens is 1. The van der Waals surface area contributed by atoms with Crippen LogP contribution >= 0.6 is 0 Å². The minimum absolute atomic E-state index is 0.170. The van der Waals surface area contributed by atoms with Gasteiger partial charge in [0.1, 0.15) is 11.9 Å². The Morgan fingerprint density at radius 1 is 0.838 bits per heavy atom. The lowest BCUT2D eigenvalue weighted by molar-refractivity contribution is -0.119. The zero-order chi connectivity index (χ0) is 47.1. The van der Waals surface area contributed by atoms with E-state index in [1.54, 1.807) is 24.3 Å². The Bertz CT molecular complexity index is 2500. The maximum Gasteiger partial charge on any atom is 0.514 e. The van der Waals surface area contributed by atoms with Crippen molar-refractivity contribution in [2.75, 3.05) is 4.90 Å². The number of carbonyl (C=O) groups excluding carboxylic acids is 3. The van der Waals surface area contributed by atoms with Gasteiger partial charge in [0, 0.05) is 30.9 Å². The molecular weight excluding hydrogens is 841 g/mol.